The van der Waals surface area contributed by atoms with Crippen molar-refractivity contribution in [2.75, 3.05) is 26.9 Å². The van der Waals surface area contributed by atoms with E-state index in [4.69, 9.17) is 24.9 Å². The van der Waals surface area contributed by atoms with E-state index >= 15 is 0 Å². The van der Waals surface area contributed by atoms with Crippen molar-refractivity contribution in [2.24, 2.45) is 0 Å². The highest BCUT2D eigenvalue weighted by Gasteiger charge is 1.83. The molecule has 0 radical (unpaired) electrons. The van der Waals surface area contributed by atoms with E-state index in [0.29, 0.717) is 0 Å². The molecule has 0 saturated carbocycles. The van der Waals surface area contributed by atoms with Crippen molar-refractivity contribution >= 4 is 6.16 Å². The molecule has 0 aromatic carbocycles. The fraction of sp³-hybridized carbons (Fsp3) is 0.889. The lowest BCUT2D eigenvalue weighted by Crippen LogP contribution is -2.03. The van der Waals surface area contributed by atoms with Crippen molar-refractivity contribution in [2.45, 2.75) is 26.9 Å². The van der Waals surface area contributed by atoms with Crippen LogP contribution in [0.4, 0.5) is 4.79 Å². The first-order valence-corrected chi connectivity index (χ1v) is 4.59. The fourth-order valence-electron chi connectivity index (χ4n) is 0.204. The molecule has 0 aromatic rings. The number of hydrogen-bond acceptors (Lipinski definition) is 5. The summed E-state index contributed by atoms with van der Waals surface area (Å²) < 4.78 is 8.50. The summed E-state index contributed by atoms with van der Waals surface area (Å²) in [7, 11) is 1.10. The van der Waals surface area contributed by atoms with Crippen LogP contribution >= 0.6 is 0 Å². The SMILES string of the molecule is CC(O)CO.CCOCC.COC(=O)O. The van der Waals surface area contributed by atoms with Gasteiger partial charge in [-0.25, -0.2) is 4.79 Å². The number of aliphatic hydroxyl groups is 2. The van der Waals surface area contributed by atoms with Crippen LogP contribution in [-0.2, 0) is 9.47 Å². The maximum Gasteiger partial charge on any atom is 0.505 e. The molecule has 0 amide bonds. The van der Waals surface area contributed by atoms with Gasteiger partial charge in [0.15, 0.2) is 0 Å². The molecule has 94 valence electrons. The first kappa shape index (κ1) is 19.7. The monoisotopic (exact) mass is 226 g/mol. The maximum atomic E-state index is 9.15. The van der Waals surface area contributed by atoms with Crippen molar-refractivity contribution in [3.8, 4) is 0 Å². The van der Waals surface area contributed by atoms with Crippen molar-refractivity contribution in [1.29, 1.82) is 0 Å². The lowest BCUT2D eigenvalue weighted by Gasteiger charge is -1.90. The van der Waals surface area contributed by atoms with E-state index in [1.54, 1.807) is 0 Å². The molecule has 0 aliphatic heterocycles. The first-order chi connectivity index (χ1) is 6.95. The summed E-state index contributed by atoms with van der Waals surface area (Å²) >= 11 is 0. The third-order valence-electron chi connectivity index (χ3n) is 0.847. The number of carboxylic acid groups (broad SMARTS) is 1. The van der Waals surface area contributed by atoms with E-state index in [2.05, 4.69) is 4.74 Å². The molecule has 0 aliphatic carbocycles. The Kier molecular flexibility index (Phi) is 24.7. The summed E-state index contributed by atoms with van der Waals surface area (Å²) in [6.45, 7) is 7.06. The van der Waals surface area contributed by atoms with E-state index in [9.17, 15) is 0 Å². The van der Waals surface area contributed by atoms with Crippen molar-refractivity contribution < 1.29 is 29.6 Å². The highest BCUT2D eigenvalue weighted by atomic mass is 16.6. The lowest BCUT2D eigenvalue weighted by atomic mass is 10.5. The van der Waals surface area contributed by atoms with Gasteiger partial charge in [0.1, 0.15) is 0 Å². The van der Waals surface area contributed by atoms with Crippen molar-refractivity contribution in [1.82, 2.24) is 0 Å². The maximum absolute atomic E-state index is 9.15. The second-order valence-corrected chi connectivity index (χ2v) is 2.28. The Balaban J connectivity index is -0.000000144. The summed E-state index contributed by atoms with van der Waals surface area (Å²) in [6, 6.07) is 0. The number of hydrogen-bond donors (Lipinski definition) is 3. The molecule has 6 heteroatoms. The van der Waals surface area contributed by atoms with E-state index < -0.39 is 12.3 Å². The summed E-state index contributed by atoms with van der Waals surface area (Å²) in [6.07, 6.45) is -1.81. The standard InChI is InChI=1S/C4H10O.C3H8O2.C2H4O3/c1-3-5-4-2;1-3(5)2-4;1-5-2(3)4/h3-4H2,1-2H3;3-5H,2H2,1H3;1H3,(H,3,4). The lowest BCUT2D eigenvalue weighted by molar-refractivity contribution is 0.110. The topological polar surface area (TPSA) is 96.2 Å². The number of rotatable bonds is 3. The number of ether oxygens (including phenoxy) is 2. The van der Waals surface area contributed by atoms with Gasteiger partial charge in [0, 0.05) is 13.2 Å². The van der Waals surface area contributed by atoms with Gasteiger partial charge in [-0.2, -0.15) is 0 Å². The van der Waals surface area contributed by atoms with Gasteiger partial charge < -0.3 is 24.8 Å². The Labute approximate surface area is 90.4 Å². The van der Waals surface area contributed by atoms with Gasteiger partial charge in [0.05, 0.1) is 19.8 Å². The van der Waals surface area contributed by atoms with Crippen LogP contribution in [0.2, 0.25) is 0 Å². The average molecular weight is 226 g/mol. The van der Waals surface area contributed by atoms with Gasteiger partial charge in [-0.3, -0.25) is 0 Å². The molecule has 3 N–H and O–H groups in total. The summed E-state index contributed by atoms with van der Waals surface area (Å²) in [5, 5.41) is 23.5. The largest absolute Gasteiger partial charge is 0.505 e. The molecule has 15 heavy (non-hydrogen) atoms. The molecule has 0 aromatic heterocycles. The van der Waals surface area contributed by atoms with Crippen molar-refractivity contribution in [3.05, 3.63) is 0 Å². The smallest absolute Gasteiger partial charge is 0.450 e. The minimum atomic E-state index is -1.25. The predicted molar refractivity (Wildman–Crippen MR) is 56.0 cm³/mol. The molecule has 1 atom stereocenters. The van der Waals surface area contributed by atoms with E-state index in [0.717, 1.165) is 20.3 Å². The predicted octanol–water partition coefficient (Wildman–Crippen LogP) is 0.713. The van der Waals surface area contributed by atoms with Crippen molar-refractivity contribution in [3.63, 3.8) is 0 Å². The first-order valence-electron chi connectivity index (χ1n) is 4.59. The molecule has 0 aliphatic rings. The molecule has 0 saturated heterocycles. The van der Waals surface area contributed by atoms with E-state index in [-0.39, 0.29) is 6.61 Å². The summed E-state index contributed by atoms with van der Waals surface area (Å²) in [5.74, 6) is 0. The molecule has 0 heterocycles. The van der Waals surface area contributed by atoms with Gasteiger partial charge in [-0.05, 0) is 20.8 Å². The van der Waals surface area contributed by atoms with E-state index in [1.165, 1.54) is 6.92 Å². The molecule has 1 unspecified atom stereocenters. The van der Waals surface area contributed by atoms with Crippen LogP contribution in [0.3, 0.4) is 0 Å². The van der Waals surface area contributed by atoms with Crippen LogP contribution in [0.15, 0.2) is 0 Å². The number of methoxy groups -OCH3 is 1. The van der Waals surface area contributed by atoms with Crippen LogP contribution in [0.1, 0.15) is 20.8 Å². The van der Waals surface area contributed by atoms with Gasteiger partial charge in [0.25, 0.3) is 0 Å². The minimum Gasteiger partial charge on any atom is -0.450 e. The third kappa shape index (κ3) is 61.6. The zero-order valence-electron chi connectivity index (χ0n) is 9.77. The third-order valence-corrected chi connectivity index (χ3v) is 0.847. The molecule has 0 rings (SSSR count). The Morgan fingerprint density at radius 2 is 1.60 bits per heavy atom. The number of carbonyl (C=O) groups is 1. The summed E-state index contributed by atoms with van der Waals surface area (Å²) in [4.78, 5) is 9.15. The Morgan fingerprint density at radius 1 is 1.33 bits per heavy atom. The zero-order chi connectivity index (χ0) is 12.7. The zero-order valence-corrected chi connectivity index (χ0v) is 9.77. The second kappa shape index (κ2) is 18.8. The summed E-state index contributed by atoms with van der Waals surface area (Å²) in [5.41, 5.74) is 0. The van der Waals surface area contributed by atoms with Crippen LogP contribution in [-0.4, -0.2) is 54.5 Å². The molecular weight excluding hydrogens is 204 g/mol. The Hall–Kier alpha value is -0.850. The van der Waals surface area contributed by atoms with Crippen LogP contribution in [0.25, 0.3) is 0 Å². The van der Waals surface area contributed by atoms with Gasteiger partial charge in [-0.15, -0.1) is 0 Å². The molecule has 6 nitrogen and oxygen atoms in total. The number of aliphatic hydroxyl groups excluding tert-OH is 2. The average Bonchev–Trinajstić information content (AvgIpc) is 2.20. The molecule has 0 bridgehead atoms. The van der Waals surface area contributed by atoms with Gasteiger partial charge in [0.2, 0.25) is 0 Å². The van der Waals surface area contributed by atoms with Crippen LogP contribution in [0.5, 0.6) is 0 Å². The fourth-order valence-corrected chi connectivity index (χ4v) is 0.204. The normalized spacial score (nSPS) is 10.0. The van der Waals surface area contributed by atoms with Crippen LogP contribution < -0.4 is 0 Å². The second-order valence-electron chi connectivity index (χ2n) is 2.28. The Morgan fingerprint density at radius 3 is 1.60 bits per heavy atom. The minimum absolute atomic E-state index is 0.139. The van der Waals surface area contributed by atoms with Gasteiger partial charge in [-0.1, -0.05) is 0 Å². The Bertz CT molecular complexity index is 113. The molecule has 0 spiro atoms. The quantitative estimate of drug-likeness (QED) is 0.613. The highest BCUT2D eigenvalue weighted by molar-refractivity contribution is 5.56. The highest BCUT2D eigenvalue weighted by Crippen LogP contribution is 1.68. The molecule has 0 fully saturated rings. The molecular formula is C9H22O6. The van der Waals surface area contributed by atoms with Crippen LogP contribution in [0, 0.1) is 0 Å². The van der Waals surface area contributed by atoms with Gasteiger partial charge >= 0.3 is 6.16 Å². The van der Waals surface area contributed by atoms with E-state index in [1.807, 2.05) is 13.8 Å².